The molecule has 6 heterocycles. The largest absolute Gasteiger partial charge is 0.809 e. The highest BCUT2D eigenvalue weighted by atomic mass is 31.1. The molecule has 0 N–H and O–H groups in total. The predicted octanol–water partition coefficient (Wildman–Crippen LogP) is 1.77. The first-order valence-corrected chi connectivity index (χ1v) is 10.3. The topological polar surface area (TPSA) is 25.5 Å². The van der Waals surface area contributed by atoms with Crippen molar-refractivity contribution in [2.45, 2.75) is 41.5 Å². The normalized spacial score (nSPS) is 14.3. The van der Waals surface area contributed by atoms with E-state index in [1.54, 1.807) is 0 Å². The van der Waals surface area contributed by atoms with Gasteiger partial charge in [0.25, 0.3) is 0 Å². The second-order valence-corrected chi connectivity index (χ2v) is 9.90. The van der Waals surface area contributed by atoms with E-state index < -0.39 is 15.6 Å². The van der Waals surface area contributed by atoms with E-state index in [4.69, 9.17) is 0 Å². The Morgan fingerprint density at radius 3 is 1.22 bits per heavy atom. The van der Waals surface area contributed by atoms with Crippen molar-refractivity contribution >= 4 is 15.6 Å². The molecule has 2 bridgehead atoms. The van der Waals surface area contributed by atoms with Crippen LogP contribution in [-0.2, 0) is 0 Å². The van der Waals surface area contributed by atoms with Crippen LogP contribution >= 0.6 is 15.6 Å². The van der Waals surface area contributed by atoms with Gasteiger partial charge in [-0.2, -0.15) is 0 Å². The molecule has 0 fully saturated rings. The van der Waals surface area contributed by atoms with E-state index in [0.717, 1.165) is 0 Å². The Labute approximate surface area is 135 Å². The van der Waals surface area contributed by atoms with Crippen LogP contribution in [-0.4, -0.2) is 12.8 Å². The van der Waals surface area contributed by atoms with Gasteiger partial charge in [-0.3, -0.25) is 0 Å². The van der Waals surface area contributed by atoms with E-state index in [1.165, 1.54) is 34.2 Å². The van der Waals surface area contributed by atoms with Gasteiger partial charge in [0.1, 0.15) is 0 Å². The van der Waals surface area contributed by atoms with Crippen molar-refractivity contribution < 1.29 is 12.8 Å². The van der Waals surface area contributed by atoms with Gasteiger partial charge in [0.2, 0.25) is 17.1 Å². The summed E-state index contributed by atoms with van der Waals surface area (Å²) >= 11 is 0. The molecular weight excluding hydrogens is 326 g/mol. The molecule has 6 rings (SSSR count). The molecular formula is C15H21N6P2+3. The molecule has 23 heavy (non-hydrogen) atoms. The molecule has 0 spiro atoms. The van der Waals surface area contributed by atoms with E-state index in [9.17, 15) is 0 Å². The molecule has 0 atom stereocenters. The van der Waals surface area contributed by atoms with Crippen molar-refractivity contribution in [2.75, 3.05) is 0 Å². The third kappa shape index (κ3) is 1.36. The van der Waals surface area contributed by atoms with Crippen molar-refractivity contribution in [3.05, 3.63) is 52.4 Å². The molecule has 0 amide bonds. The molecule has 0 aliphatic rings. The summed E-state index contributed by atoms with van der Waals surface area (Å²) in [6.07, 6.45) is 0. The van der Waals surface area contributed by atoms with Crippen molar-refractivity contribution in [3.8, 4) is 0 Å². The summed E-state index contributed by atoms with van der Waals surface area (Å²) in [4.78, 5) is 0. The van der Waals surface area contributed by atoms with Crippen LogP contribution in [0.2, 0.25) is 0 Å². The van der Waals surface area contributed by atoms with E-state index in [0.29, 0.717) is 0 Å². The number of hydrogen-bond acceptors (Lipinski definition) is 0. The lowest BCUT2D eigenvalue weighted by Crippen LogP contribution is -2.52. The number of aromatic nitrogens is 6. The summed E-state index contributed by atoms with van der Waals surface area (Å²) in [5, 5.41) is 0. The Hall–Kier alpha value is -1.77. The molecule has 0 unspecified atom stereocenters. The van der Waals surface area contributed by atoms with Gasteiger partial charge in [-0.1, -0.05) is 12.8 Å². The van der Waals surface area contributed by atoms with E-state index in [1.807, 2.05) is 0 Å². The molecule has 6 aromatic rings. The summed E-state index contributed by atoms with van der Waals surface area (Å²) in [6, 6.07) is 6.96. The maximum absolute atomic E-state index is 2.52. The number of nitrogens with zero attached hydrogens (tertiary/aromatic N) is 6. The maximum Gasteiger partial charge on any atom is 0.809 e. The fraction of sp³-hybridized carbons (Fsp3) is 0.400. The average Bonchev–Trinajstić information content (AvgIpc) is 3.07. The monoisotopic (exact) mass is 347 g/mol. The van der Waals surface area contributed by atoms with E-state index in [-0.39, 0.29) is 0 Å². The lowest BCUT2D eigenvalue weighted by atomic mass is 10.4. The quantitative estimate of drug-likeness (QED) is 0.408. The standard InChI is InChI=1S/C15H21N6P2/c1-10-7-11(2)17-16(10)22-18-12(3)8-14(5)20(18)23(17)21-15(6)9-13(4)19(21)22/h7-9H,1-6H3/q+3. The molecule has 0 saturated carbocycles. The van der Waals surface area contributed by atoms with Gasteiger partial charge in [0, 0.05) is 39.0 Å². The first-order chi connectivity index (χ1) is 10.9. The zero-order chi connectivity index (χ0) is 16.2. The van der Waals surface area contributed by atoms with Crippen LogP contribution in [0.25, 0.3) is 0 Å². The summed E-state index contributed by atoms with van der Waals surface area (Å²) in [7, 11) is -1.39. The van der Waals surface area contributed by atoms with Gasteiger partial charge in [-0.05, 0) is 20.8 Å². The van der Waals surface area contributed by atoms with Crippen LogP contribution in [0.5, 0.6) is 0 Å². The highest BCUT2D eigenvalue weighted by Crippen LogP contribution is 2.27. The third-order valence-corrected chi connectivity index (χ3v) is 10.1. The Morgan fingerprint density at radius 1 is 0.609 bits per heavy atom. The number of hydrogen-bond donors (Lipinski definition) is 0. The van der Waals surface area contributed by atoms with Crippen LogP contribution < -0.4 is 12.8 Å². The molecule has 0 aliphatic heterocycles. The Kier molecular flexibility index (Phi) is 2.38. The summed E-state index contributed by atoms with van der Waals surface area (Å²) in [5.41, 5.74) is 8.06. The minimum atomic E-state index is -0.696. The minimum Gasteiger partial charge on any atom is -0.0546 e. The first kappa shape index (κ1) is 13.6. The van der Waals surface area contributed by atoms with Gasteiger partial charge in [0.05, 0.1) is 29.9 Å². The molecule has 0 saturated heterocycles. The molecule has 118 valence electrons. The fourth-order valence-corrected chi connectivity index (χ4v) is 9.98. The lowest BCUT2D eigenvalue weighted by molar-refractivity contribution is -0.705. The number of aryl methyl sites for hydroxylation is 6. The highest BCUT2D eigenvalue weighted by molar-refractivity contribution is 7.35. The summed E-state index contributed by atoms with van der Waals surface area (Å²) in [5.74, 6) is 0. The predicted molar refractivity (Wildman–Crippen MR) is 88.5 cm³/mol. The molecule has 8 heteroatoms. The van der Waals surface area contributed by atoms with Crippen molar-refractivity contribution in [2.24, 2.45) is 0 Å². The smallest absolute Gasteiger partial charge is 0.0546 e. The Morgan fingerprint density at radius 2 is 0.913 bits per heavy atom. The first-order valence-electron chi connectivity index (χ1n) is 7.87. The molecule has 0 radical (unpaired) electrons. The Balaban J connectivity index is 2.38. The maximum atomic E-state index is 2.52. The van der Waals surface area contributed by atoms with Gasteiger partial charge in [-0.15, -0.1) is 0 Å². The van der Waals surface area contributed by atoms with Crippen LogP contribution in [0.3, 0.4) is 0 Å². The van der Waals surface area contributed by atoms with Gasteiger partial charge in [-0.25, -0.2) is 0 Å². The highest BCUT2D eigenvalue weighted by Gasteiger charge is 2.45. The Bertz CT molecular complexity index is 1020. The molecule has 6 aromatic heterocycles. The number of rotatable bonds is 0. The average molecular weight is 347 g/mol. The zero-order valence-electron chi connectivity index (χ0n) is 14.3. The van der Waals surface area contributed by atoms with Crippen LogP contribution in [0.1, 0.15) is 34.2 Å². The van der Waals surface area contributed by atoms with Gasteiger partial charge in [0.15, 0.2) is 0 Å². The van der Waals surface area contributed by atoms with Gasteiger partial charge < -0.3 is 0 Å². The van der Waals surface area contributed by atoms with E-state index in [2.05, 4.69) is 85.4 Å². The minimum absolute atomic E-state index is 0.696. The zero-order valence-corrected chi connectivity index (χ0v) is 16.1. The van der Waals surface area contributed by atoms with Crippen LogP contribution in [0.15, 0.2) is 18.2 Å². The summed E-state index contributed by atoms with van der Waals surface area (Å²) in [6.45, 7) is 13.4. The second kappa shape index (κ2) is 4.00. The van der Waals surface area contributed by atoms with Crippen molar-refractivity contribution in [1.82, 2.24) is 12.8 Å². The molecule has 6 nitrogen and oxygen atoms in total. The molecule has 0 aliphatic carbocycles. The van der Waals surface area contributed by atoms with Gasteiger partial charge >= 0.3 is 15.6 Å². The second-order valence-electron chi connectivity index (χ2n) is 6.55. The van der Waals surface area contributed by atoms with Crippen LogP contribution in [0.4, 0.5) is 0 Å². The van der Waals surface area contributed by atoms with Crippen molar-refractivity contribution in [1.29, 1.82) is 0 Å². The lowest BCUT2D eigenvalue weighted by Gasteiger charge is -2.01. The molecule has 0 aromatic carbocycles. The SMILES string of the molecule is Cc1cc(C)[n+]2n1p1n3c(C)cc(C)[n+]3p2[n+]2c(C)cc(C)n21. The fourth-order valence-electron chi connectivity index (χ4n) is 3.93. The van der Waals surface area contributed by atoms with Crippen LogP contribution in [0, 0.1) is 41.5 Å². The summed E-state index contributed by atoms with van der Waals surface area (Å²) < 4.78 is 15.1. The van der Waals surface area contributed by atoms with Crippen molar-refractivity contribution in [3.63, 3.8) is 0 Å². The van der Waals surface area contributed by atoms with E-state index >= 15 is 0 Å². The third-order valence-electron chi connectivity index (χ3n) is 4.70.